The molecular formula is C16H15BrF3N. The largest absolute Gasteiger partial charge is 0.416 e. The summed E-state index contributed by atoms with van der Waals surface area (Å²) in [6.45, 7) is 0. The highest BCUT2D eigenvalue weighted by Gasteiger charge is 2.30. The maximum Gasteiger partial charge on any atom is 0.416 e. The molecule has 0 heterocycles. The van der Waals surface area contributed by atoms with E-state index in [2.05, 4.69) is 21.2 Å². The number of benzene rings is 2. The molecule has 0 bridgehead atoms. The molecule has 2 aromatic rings. The molecule has 0 aliphatic heterocycles. The van der Waals surface area contributed by atoms with Gasteiger partial charge in [0, 0.05) is 10.5 Å². The molecule has 5 heteroatoms. The third-order valence-corrected chi connectivity index (χ3v) is 3.81. The lowest BCUT2D eigenvalue weighted by Gasteiger charge is -2.18. The lowest BCUT2D eigenvalue weighted by molar-refractivity contribution is -0.137. The van der Waals surface area contributed by atoms with Crippen LogP contribution in [0.2, 0.25) is 0 Å². The Labute approximate surface area is 130 Å². The number of hydrogen-bond donors (Lipinski definition) is 1. The standard InChI is InChI=1S/C16H15BrF3N/c1-21-15(10-11-3-2-4-14(17)9-11)12-5-7-13(8-6-12)16(18,19)20/h2-9,15,21H,10H2,1H3. The number of alkyl halides is 3. The van der Waals surface area contributed by atoms with Crippen LogP contribution in [0.1, 0.15) is 22.7 Å². The summed E-state index contributed by atoms with van der Waals surface area (Å²) >= 11 is 3.42. The molecule has 0 fully saturated rings. The first-order valence-electron chi connectivity index (χ1n) is 6.49. The fraction of sp³-hybridized carbons (Fsp3) is 0.250. The predicted molar refractivity (Wildman–Crippen MR) is 81.1 cm³/mol. The van der Waals surface area contributed by atoms with Crippen LogP contribution < -0.4 is 5.32 Å². The van der Waals surface area contributed by atoms with Crippen LogP contribution in [0.3, 0.4) is 0 Å². The highest BCUT2D eigenvalue weighted by Crippen LogP contribution is 2.30. The molecule has 1 nitrogen and oxygen atoms in total. The van der Waals surface area contributed by atoms with Crippen LogP contribution in [-0.2, 0) is 12.6 Å². The van der Waals surface area contributed by atoms with Gasteiger partial charge in [0.1, 0.15) is 0 Å². The van der Waals surface area contributed by atoms with Gasteiger partial charge in [-0.25, -0.2) is 0 Å². The highest BCUT2D eigenvalue weighted by atomic mass is 79.9. The van der Waals surface area contributed by atoms with Gasteiger partial charge in [-0.15, -0.1) is 0 Å². The van der Waals surface area contributed by atoms with E-state index in [1.807, 2.05) is 24.3 Å². The number of rotatable bonds is 4. The minimum absolute atomic E-state index is 0.0263. The Morgan fingerprint density at radius 2 is 1.76 bits per heavy atom. The Balaban J connectivity index is 2.18. The van der Waals surface area contributed by atoms with E-state index in [1.165, 1.54) is 12.1 Å². The van der Waals surface area contributed by atoms with Gasteiger partial charge in [-0.2, -0.15) is 13.2 Å². The van der Waals surface area contributed by atoms with Crippen molar-refractivity contribution in [3.63, 3.8) is 0 Å². The second-order valence-electron chi connectivity index (χ2n) is 4.80. The highest BCUT2D eigenvalue weighted by molar-refractivity contribution is 9.10. The zero-order chi connectivity index (χ0) is 15.5. The average molecular weight is 358 g/mol. The summed E-state index contributed by atoms with van der Waals surface area (Å²) in [4.78, 5) is 0. The summed E-state index contributed by atoms with van der Waals surface area (Å²) < 4.78 is 38.7. The van der Waals surface area contributed by atoms with Crippen molar-refractivity contribution >= 4 is 15.9 Å². The lowest BCUT2D eigenvalue weighted by Crippen LogP contribution is -2.19. The number of hydrogen-bond acceptors (Lipinski definition) is 1. The van der Waals surface area contributed by atoms with Crippen LogP contribution in [0.25, 0.3) is 0 Å². The molecule has 1 N–H and O–H groups in total. The Kier molecular flexibility index (Phi) is 5.06. The summed E-state index contributed by atoms with van der Waals surface area (Å²) in [5, 5.41) is 3.15. The maximum absolute atomic E-state index is 12.6. The summed E-state index contributed by atoms with van der Waals surface area (Å²) in [5.41, 5.74) is 1.33. The summed E-state index contributed by atoms with van der Waals surface area (Å²) in [5.74, 6) is 0. The second kappa shape index (κ2) is 6.62. The number of nitrogens with one attached hydrogen (secondary N) is 1. The monoisotopic (exact) mass is 357 g/mol. The van der Waals surface area contributed by atoms with Gasteiger partial charge in [-0.3, -0.25) is 0 Å². The van der Waals surface area contributed by atoms with E-state index in [0.29, 0.717) is 6.42 Å². The molecule has 112 valence electrons. The normalized spacial score (nSPS) is 13.2. The quantitative estimate of drug-likeness (QED) is 0.814. The topological polar surface area (TPSA) is 12.0 Å². The molecule has 0 aliphatic rings. The van der Waals surface area contributed by atoms with Crippen molar-refractivity contribution in [3.05, 3.63) is 69.7 Å². The molecule has 0 aliphatic carbocycles. The first-order chi connectivity index (χ1) is 9.90. The number of likely N-dealkylation sites (N-methyl/N-ethyl adjacent to an activating group) is 1. The third kappa shape index (κ3) is 4.32. The van der Waals surface area contributed by atoms with Crippen LogP contribution in [0, 0.1) is 0 Å². The van der Waals surface area contributed by atoms with Gasteiger partial charge in [0.15, 0.2) is 0 Å². The van der Waals surface area contributed by atoms with Crippen LogP contribution in [0.5, 0.6) is 0 Å². The van der Waals surface area contributed by atoms with Crippen molar-refractivity contribution in [2.45, 2.75) is 18.6 Å². The molecule has 0 saturated carbocycles. The van der Waals surface area contributed by atoms with Gasteiger partial charge in [0.05, 0.1) is 5.56 Å². The molecule has 0 amide bonds. The fourth-order valence-electron chi connectivity index (χ4n) is 2.19. The van der Waals surface area contributed by atoms with Gasteiger partial charge in [-0.1, -0.05) is 40.2 Å². The molecule has 2 aromatic carbocycles. The van der Waals surface area contributed by atoms with Gasteiger partial charge >= 0.3 is 6.18 Å². The van der Waals surface area contributed by atoms with Crippen molar-refractivity contribution in [1.82, 2.24) is 5.32 Å². The van der Waals surface area contributed by atoms with Crippen molar-refractivity contribution in [2.24, 2.45) is 0 Å². The number of halogens is 4. The molecule has 0 aromatic heterocycles. The van der Waals surface area contributed by atoms with Crippen LogP contribution >= 0.6 is 15.9 Å². The van der Waals surface area contributed by atoms with E-state index in [4.69, 9.17) is 0 Å². The second-order valence-corrected chi connectivity index (χ2v) is 5.71. The zero-order valence-corrected chi connectivity index (χ0v) is 13.0. The van der Waals surface area contributed by atoms with Crippen LogP contribution in [0.4, 0.5) is 13.2 Å². The minimum atomic E-state index is -4.29. The maximum atomic E-state index is 12.6. The SMILES string of the molecule is CNC(Cc1cccc(Br)c1)c1ccc(C(F)(F)F)cc1. The van der Waals surface area contributed by atoms with Crippen molar-refractivity contribution in [1.29, 1.82) is 0 Å². The van der Waals surface area contributed by atoms with Crippen LogP contribution in [-0.4, -0.2) is 7.05 Å². The molecule has 0 radical (unpaired) electrons. The van der Waals surface area contributed by atoms with Crippen molar-refractivity contribution < 1.29 is 13.2 Å². The zero-order valence-electron chi connectivity index (χ0n) is 11.4. The van der Waals surface area contributed by atoms with E-state index >= 15 is 0 Å². The first kappa shape index (κ1) is 16.0. The summed E-state index contributed by atoms with van der Waals surface area (Å²) in [6.07, 6.45) is -3.58. The molecular weight excluding hydrogens is 343 g/mol. The molecule has 2 rings (SSSR count). The lowest BCUT2D eigenvalue weighted by atomic mass is 9.98. The fourth-order valence-corrected chi connectivity index (χ4v) is 2.64. The van der Waals surface area contributed by atoms with Gasteiger partial charge in [0.2, 0.25) is 0 Å². The van der Waals surface area contributed by atoms with Gasteiger partial charge in [0.25, 0.3) is 0 Å². The van der Waals surface area contributed by atoms with Crippen molar-refractivity contribution in [2.75, 3.05) is 7.05 Å². The van der Waals surface area contributed by atoms with Gasteiger partial charge in [-0.05, 0) is 48.9 Å². The smallest absolute Gasteiger partial charge is 0.313 e. The predicted octanol–water partition coefficient (Wildman–Crippen LogP) is 4.97. The minimum Gasteiger partial charge on any atom is -0.313 e. The van der Waals surface area contributed by atoms with E-state index in [9.17, 15) is 13.2 Å². The van der Waals surface area contributed by atoms with Crippen LogP contribution in [0.15, 0.2) is 53.0 Å². The first-order valence-corrected chi connectivity index (χ1v) is 7.28. The Hall–Kier alpha value is -1.33. The Bertz CT molecular complexity index is 593. The van der Waals surface area contributed by atoms with E-state index in [-0.39, 0.29) is 6.04 Å². The molecule has 21 heavy (non-hydrogen) atoms. The Morgan fingerprint density at radius 1 is 1.10 bits per heavy atom. The summed E-state index contributed by atoms with van der Waals surface area (Å²) in [6, 6.07) is 13.2. The van der Waals surface area contributed by atoms with Crippen molar-refractivity contribution in [3.8, 4) is 0 Å². The molecule has 1 unspecified atom stereocenters. The molecule has 1 atom stereocenters. The van der Waals surface area contributed by atoms with Gasteiger partial charge < -0.3 is 5.32 Å². The average Bonchev–Trinajstić information content (AvgIpc) is 2.44. The summed E-state index contributed by atoms with van der Waals surface area (Å²) in [7, 11) is 1.81. The third-order valence-electron chi connectivity index (χ3n) is 3.32. The molecule has 0 saturated heterocycles. The van der Waals surface area contributed by atoms with E-state index in [1.54, 1.807) is 7.05 Å². The molecule has 0 spiro atoms. The Morgan fingerprint density at radius 3 is 2.29 bits per heavy atom. The van der Waals surface area contributed by atoms with E-state index < -0.39 is 11.7 Å². The van der Waals surface area contributed by atoms with E-state index in [0.717, 1.165) is 27.7 Å².